The Morgan fingerprint density at radius 2 is 1.94 bits per heavy atom. The fraction of sp³-hybridized carbons (Fsp3) is 0.208. The lowest BCUT2D eigenvalue weighted by Crippen LogP contribution is -2.26. The van der Waals surface area contributed by atoms with Crippen LogP contribution < -0.4 is 20.5 Å². The molecule has 1 atom stereocenters. The zero-order chi connectivity index (χ0) is 24.1. The minimum Gasteiger partial charge on any atom is -0.492 e. The highest BCUT2D eigenvalue weighted by Crippen LogP contribution is 2.22. The molecule has 34 heavy (non-hydrogen) atoms. The first-order valence-electron chi connectivity index (χ1n) is 10.8. The van der Waals surface area contributed by atoms with E-state index in [-0.39, 0.29) is 11.4 Å². The van der Waals surface area contributed by atoms with Crippen LogP contribution in [0.25, 0.3) is 10.9 Å². The first kappa shape index (κ1) is 23.6. The van der Waals surface area contributed by atoms with E-state index in [1.54, 1.807) is 36.4 Å². The van der Waals surface area contributed by atoms with Crippen molar-refractivity contribution in [2.45, 2.75) is 17.9 Å². The van der Waals surface area contributed by atoms with Gasteiger partial charge in [0.05, 0.1) is 22.2 Å². The van der Waals surface area contributed by atoms with E-state index >= 15 is 0 Å². The van der Waals surface area contributed by atoms with Gasteiger partial charge >= 0.3 is 0 Å². The summed E-state index contributed by atoms with van der Waals surface area (Å²) in [4.78, 5) is 0.0712. The number of aliphatic hydroxyl groups excluding tert-OH is 1. The van der Waals surface area contributed by atoms with Crippen molar-refractivity contribution in [3.63, 3.8) is 0 Å². The molecule has 178 valence electrons. The zero-order valence-electron chi connectivity index (χ0n) is 18.7. The third-order valence-electron chi connectivity index (χ3n) is 5.30. The molecule has 0 saturated carbocycles. The summed E-state index contributed by atoms with van der Waals surface area (Å²) in [7, 11) is -3.79. The Morgan fingerprint density at radius 3 is 2.76 bits per heavy atom. The lowest BCUT2D eigenvalue weighted by molar-refractivity contribution is 0.172. The van der Waals surface area contributed by atoms with Crippen LogP contribution in [0, 0.1) is 6.92 Å². The van der Waals surface area contributed by atoms with Crippen molar-refractivity contribution in [3.8, 4) is 5.75 Å². The number of fused-ring (bicyclic) bond motifs is 1. The fourth-order valence-electron chi connectivity index (χ4n) is 3.53. The minimum absolute atomic E-state index is 0.0712. The second-order valence-corrected chi connectivity index (χ2v) is 9.57. The van der Waals surface area contributed by atoms with E-state index in [4.69, 9.17) is 10.5 Å². The van der Waals surface area contributed by atoms with Gasteiger partial charge in [0, 0.05) is 35.9 Å². The van der Waals surface area contributed by atoms with Crippen LogP contribution in [0.3, 0.4) is 0 Å². The Balaban J connectivity index is 1.27. The van der Waals surface area contributed by atoms with Crippen LogP contribution in [0.1, 0.15) is 17.4 Å². The molecule has 1 aromatic heterocycles. The largest absolute Gasteiger partial charge is 0.492 e. The number of anilines is 2. The molecule has 0 aliphatic rings. The normalized spacial score (nSPS) is 12.5. The summed E-state index contributed by atoms with van der Waals surface area (Å²) in [6, 6.07) is 18.5. The number of aromatic nitrogens is 2. The number of hydrogen-bond donors (Lipinski definition) is 5. The van der Waals surface area contributed by atoms with E-state index in [0.717, 1.165) is 22.3 Å². The van der Waals surface area contributed by atoms with Crippen molar-refractivity contribution in [3.05, 3.63) is 78.0 Å². The van der Waals surface area contributed by atoms with Crippen molar-refractivity contribution in [2.75, 3.05) is 30.2 Å². The molecular weight excluding hydrogens is 454 g/mol. The van der Waals surface area contributed by atoms with Gasteiger partial charge in [0.2, 0.25) is 0 Å². The van der Waals surface area contributed by atoms with E-state index < -0.39 is 16.1 Å². The Kier molecular flexibility index (Phi) is 7.01. The lowest BCUT2D eigenvalue weighted by atomic mass is 10.1. The number of hydrogen-bond acceptors (Lipinski definition) is 7. The van der Waals surface area contributed by atoms with E-state index in [1.807, 2.05) is 25.1 Å². The third kappa shape index (κ3) is 5.66. The first-order chi connectivity index (χ1) is 16.3. The molecule has 0 saturated heterocycles. The number of aromatic amines is 1. The van der Waals surface area contributed by atoms with Crippen molar-refractivity contribution in [2.24, 2.45) is 0 Å². The smallest absolute Gasteiger partial charge is 0.261 e. The molecule has 4 aromatic rings. The van der Waals surface area contributed by atoms with Crippen LogP contribution in [-0.2, 0) is 10.0 Å². The molecule has 9 nitrogen and oxygen atoms in total. The SMILES string of the molecule is Cc1n[nH]c2cc(OCCNCC(O)c3cccc(NS(=O)(=O)c4cccc(N)c4)c3)ccc12. The Morgan fingerprint density at radius 1 is 1.12 bits per heavy atom. The minimum atomic E-state index is -3.79. The number of nitrogens with two attached hydrogens (primary N) is 1. The number of rotatable bonds is 10. The molecule has 0 fully saturated rings. The molecule has 0 aliphatic carbocycles. The van der Waals surface area contributed by atoms with Crippen LogP contribution >= 0.6 is 0 Å². The van der Waals surface area contributed by atoms with Crippen LogP contribution in [0.15, 0.2) is 71.6 Å². The van der Waals surface area contributed by atoms with Crippen molar-refractivity contribution in [1.82, 2.24) is 15.5 Å². The van der Waals surface area contributed by atoms with Gasteiger partial charge < -0.3 is 20.9 Å². The molecule has 0 bridgehead atoms. The predicted octanol–water partition coefficient (Wildman–Crippen LogP) is 2.96. The summed E-state index contributed by atoms with van der Waals surface area (Å²) < 4.78 is 33.5. The van der Waals surface area contributed by atoms with Gasteiger partial charge in [-0.3, -0.25) is 9.82 Å². The number of nitrogens with one attached hydrogen (secondary N) is 3. The Labute approximate surface area is 198 Å². The zero-order valence-corrected chi connectivity index (χ0v) is 19.5. The van der Waals surface area contributed by atoms with Gasteiger partial charge in [-0.1, -0.05) is 18.2 Å². The van der Waals surface area contributed by atoms with Gasteiger partial charge in [-0.2, -0.15) is 5.10 Å². The quantitative estimate of drug-likeness (QED) is 0.173. The first-order valence-corrected chi connectivity index (χ1v) is 12.2. The molecular formula is C24H27N5O4S. The predicted molar refractivity (Wildman–Crippen MR) is 132 cm³/mol. The van der Waals surface area contributed by atoms with Crippen LogP contribution in [0.2, 0.25) is 0 Å². The van der Waals surface area contributed by atoms with Crippen molar-refractivity contribution < 1.29 is 18.3 Å². The van der Waals surface area contributed by atoms with Crippen LogP contribution in [0.5, 0.6) is 5.75 Å². The summed E-state index contributed by atoms with van der Waals surface area (Å²) in [6.45, 7) is 3.18. The summed E-state index contributed by atoms with van der Waals surface area (Å²) in [6.07, 6.45) is -0.818. The van der Waals surface area contributed by atoms with E-state index in [9.17, 15) is 13.5 Å². The molecule has 0 spiro atoms. The summed E-state index contributed by atoms with van der Waals surface area (Å²) >= 11 is 0. The fourth-order valence-corrected chi connectivity index (χ4v) is 4.63. The average Bonchev–Trinajstić information content (AvgIpc) is 3.18. The number of aliphatic hydroxyl groups is 1. The molecule has 1 heterocycles. The molecule has 1 unspecified atom stereocenters. The Hall–Kier alpha value is -3.60. The molecule has 0 amide bonds. The van der Waals surface area contributed by atoms with Gasteiger partial charge in [0.1, 0.15) is 12.4 Å². The highest BCUT2D eigenvalue weighted by Gasteiger charge is 2.15. The number of aryl methyl sites for hydroxylation is 1. The Bertz CT molecular complexity index is 1390. The van der Waals surface area contributed by atoms with Gasteiger partial charge in [-0.25, -0.2) is 8.42 Å². The number of H-pyrrole nitrogens is 1. The standard InChI is InChI=1S/C24H27N5O4S/c1-16-22-9-8-20(14-23(22)28-27-16)33-11-10-26-15-24(30)17-4-2-6-19(12-17)29-34(31,32)21-7-3-5-18(25)13-21/h2-9,12-14,24,26,29-30H,10-11,15,25H2,1H3,(H,27,28). The lowest BCUT2D eigenvalue weighted by Gasteiger charge is -2.15. The number of benzene rings is 3. The molecule has 10 heteroatoms. The van der Waals surface area contributed by atoms with Gasteiger partial charge in [-0.05, 0) is 55.0 Å². The van der Waals surface area contributed by atoms with Crippen LogP contribution in [0.4, 0.5) is 11.4 Å². The average molecular weight is 482 g/mol. The van der Waals surface area contributed by atoms with Gasteiger partial charge in [0.25, 0.3) is 10.0 Å². The second-order valence-electron chi connectivity index (χ2n) is 7.89. The molecule has 0 aliphatic heterocycles. The maximum Gasteiger partial charge on any atom is 0.261 e. The number of ether oxygens (including phenoxy) is 1. The van der Waals surface area contributed by atoms with Gasteiger partial charge in [-0.15, -0.1) is 0 Å². The molecule has 4 rings (SSSR count). The molecule has 0 radical (unpaired) electrons. The summed E-state index contributed by atoms with van der Waals surface area (Å²) in [5.74, 6) is 0.735. The maximum atomic E-state index is 12.6. The summed E-state index contributed by atoms with van der Waals surface area (Å²) in [5, 5.41) is 21.9. The van der Waals surface area contributed by atoms with E-state index in [1.165, 1.54) is 12.1 Å². The van der Waals surface area contributed by atoms with E-state index in [0.29, 0.717) is 30.1 Å². The highest BCUT2D eigenvalue weighted by atomic mass is 32.2. The van der Waals surface area contributed by atoms with Crippen molar-refractivity contribution in [1.29, 1.82) is 0 Å². The number of sulfonamides is 1. The van der Waals surface area contributed by atoms with Gasteiger partial charge in [0.15, 0.2) is 0 Å². The molecule has 6 N–H and O–H groups in total. The van der Waals surface area contributed by atoms with Crippen molar-refractivity contribution >= 4 is 32.3 Å². The summed E-state index contributed by atoms with van der Waals surface area (Å²) in [5.41, 5.74) is 8.85. The third-order valence-corrected chi connectivity index (χ3v) is 6.68. The highest BCUT2D eigenvalue weighted by molar-refractivity contribution is 7.92. The molecule has 3 aromatic carbocycles. The van der Waals surface area contributed by atoms with E-state index in [2.05, 4.69) is 20.2 Å². The second kappa shape index (κ2) is 10.1. The number of nitrogen functional groups attached to an aromatic ring is 1. The topological polar surface area (TPSA) is 142 Å². The maximum absolute atomic E-state index is 12.6. The monoisotopic (exact) mass is 481 g/mol. The number of nitrogens with zero attached hydrogens (tertiary/aromatic N) is 1. The van der Waals surface area contributed by atoms with Crippen LogP contribution in [-0.4, -0.2) is 43.4 Å².